The van der Waals surface area contributed by atoms with Crippen molar-refractivity contribution in [1.29, 1.82) is 0 Å². The molecule has 0 spiro atoms. The minimum absolute atomic E-state index is 0. The van der Waals surface area contributed by atoms with Gasteiger partial charge in [-0.1, -0.05) is 19.3 Å². The topological polar surface area (TPSA) is 44.4 Å². The molecule has 24 heavy (non-hydrogen) atoms. The average molecular weight is 398 g/mol. The predicted molar refractivity (Wildman–Crippen MR) is 108 cm³/mol. The molecule has 0 bridgehead atoms. The Balaban J connectivity index is 0.00000144. The molecule has 0 radical (unpaired) electrons. The van der Waals surface area contributed by atoms with Crippen LogP contribution in [-0.4, -0.2) is 60.6 Å². The van der Waals surface area contributed by atoms with E-state index in [-0.39, 0.29) is 42.2 Å². The number of halogens is 2. The van der Waals surface area contributed by atoms with Crippen molar-refractivity contribution in [2.24, 2.45) is 5.92 Å². The van der Waals surface area contributed by atoms with Crippen LogP contribution in [0.15, 0.2) is 0 Å². The molecular formula is C17H33Cl2N3OS. The first-order valence-corrected chi connectivity index (χ1v) is 10.3. The highest BCUT2D eigenvalue weighted by Crippen LogP contribution is 2.35. The maximum atomic E-state index is 12.5. The van der Waals surface area contributed by atoms with Crippen molar-refractivity contribution in [1.82, 2.24) is 15.5 Å². The summed E-state index contributed by atoms with van der Waals surface area (Å²) in [5.41, 5.74) is 0.247. The van der Waals surface area contributed by atoms with Crippen molar-refractivity contribution in [2.75, 3.05) is 44.2 Å². The van der Waals surface area contributed by atoms with Crippen LogP contribution in [0.2, 0.25) is 0 Å². The minimum Gasteiger partial charge on any atom is -0.354 e. The first kappa shape index (κ1) is 22.4. The second-order valence-electron chi connectivity index (χ2n) is 7.15. The Morgan fingerprint density at radius 2 is 1.83 bits per heavy atom. The first-order chi connectivity index (χ1) is 10.8. The lowest BCUT2D eigenvalue weighted by Crippen LogP contribution is -2.59. The van der Waals surface area contributed by atoms with Gasteiger partial charge in [0.15, 0.2) is 0 Å². The van der Waals surface area contributed by atoms with E-state index in [1.165, 1.54) is 56.7 Å². The molecule has 1 atom stereocenters. The second-order valence-corrected chi connectivity index (χ2v) is 8.37. The molecule has 3 rings (SSSR count). The smallest absolute Gasteiger partial charge is 0.224 e. The van der Waals surface area contributed by atoms with E-state index < -0.39 is 0 Å². The van der Waals surface area contributed by atoms with Gasteiger partial charge in [0.1, 0.15) is 0 Å². The van der Waals surface area contributed by atoms with Crippen LogP contribution in [-0.2, 0) is 4.79 Å². The zero-order valence-electron chi connectivity index (χ0n) is 14.6. The maximum absolute atomic E-state index is 12.5. The van der Waals surface area contributed by atoms with Gasteiger partial charge in [-0.3, -0.25) is 9.69 Å². The van der Waals surface area contributed by atoms with Crippen molar-refractivity contribution < 1.29 is 4.79 Å². The molecule has 0 aromatic heterocycles. The number of nitrogens with one attached hydrogen (secondary N) is 2. The highest BCUT2D eigenvalue weighted by molar-refractivity contribution is 7.99. The van der Waals surface area contributed by atoms with E-state index in [4.69, 9.17) is 0 Å². The molecule has 1 amide bonds. The van der Waals surface area contributed by atoms with Gasteiger partial charge in [-0.15, -0.1) is 24.8 Å². The summed E-state index contributed by atoms with van der Waals surface area (Å²) in [6.45, 7) is 5.20. The lowest BCUT2D eigenvalue weighted by Gasteiger charge is -2.48. The van der Waals surface area contributed by atoms with E-state index in [0.717, 1.165) is 32.5 Å². The fourth-order valence-electron chi connectivity index (χ4n) is 4.32. The first-order valence-electron chi connectivity index (χ1n) is 9.11. The molecule has 0 aromatic carbocycles. The number of carbonyl (C=O) groups excluding carboxylic acids is 1. The molecular weight excluding hydrogens is 365 g/mol. The number of piperidine rings is 1. The fraction of sp³-hybridized carbons (Fsp3) is 0.941. The summed E-state index contributed by atoms with van der Waals surface area (Å²) >= 11 is 2.07. The molecule has 0 aromatic rings. The van der Waals surface area contributed by atoms with Gasteiger partial charge in [-0.25, -0.2) is 0 Å². The minimum atomic E-state index is 0. The predicted octanol–water partition coefficient (Wildman–Crippen LogP) is 2.70. The number of thioether (sulfide) groups is 1. The van der Waals surface area contributed by atoms with Crippen molar-refractivity contribution in [3.63, 3.8) is 0 Å². The highest BCUT2D eigenvalue weighted by atomic mass is 35.5. The Morgan fingerprint density at radius 3 is 2.46 bits per heavy atom. The van der Waals surface area contributed by atoms with Gasteiger partial charge in [-0.05, 0) is 32.2 Å². The Morgan fingerprint density at radius 1 is 1.12 bits per heavy atom. The standard InChI is InChI=1S/C17H31N3OS.2ClH/c21-16(15-5-4-8-18-13-15)19-14-17(6-2-1-3-7-17)20-9-11-22-12-10-20;;/h15,18H,1-14H2,(H,19,21);2*1H. The Bertz CT molecular complexity index is 369. The van der Waals surface area contributed by atoms with Crippen molar-refractivity contribution in [3.8, 4) is 0 Å². The molecule has 2 aliphatic heterocycles. The third-order valence-electron chi connectivity index (χ3n) is 5.73. The maximum Gasteiger partial charge on any atom is 0.224 e. The summed E-state index contributed by atoms with van der Waals surface area (Å²) in [7, 11) is 0. The SMILES string of the molecule is Cl.Cl.O=C(NCC1(N2CCSCC2)CCCCC1)C1CCCNC1. The average Bonchev–Trinajstić information content (AvgIpc) is 2.62. The Hall–Kier alpha value is 0.320. The third kappa shape index (κ3) is 5.66. The van der Waals surface area contributed by atoms with Crippen LogP contribution in [0.1, 0.15) is 44.9 Å². The van der Waals surface area contributed by atoms with Gasteiger partial charge < -0.3 is 10.6 Å². The van der Waals surface area contributed by atoms with Gasteiger partial charge in [0.05, 0.1) is 5.92 Å². The fourth-order valence-corrected chi connectivity index (χ4v) is 5.23. The summed E-state index contributed by atoms with van der Waals surface area (Å²) in [6.07, 6.45) is 8.72. The zero-order chi connectivity index (χ0) is 15.3. The van der Waals surface area contributed by atoms with Crippen LogP contribution in [0.25, 0.3) is 0 Å². The number of hydrogen-bond acceptors (Lipinski definition) is 4. The molecule has 2 N–H and O–H groups in total. The molecule has 142 valence electrons. The molecule has 4 nitrogen and oxygen atoms in total. The molecule has 2 saturated heterocycles. The number of nitrogens with zero attached hydrogens (tertiary/aromatic N) is 1. The zero-order valence-corrected chi connectivity index (χ0v) is 17.0. The molecule has 7 heteroatoms. The van der Waals surface area contributed by atoms with Crippen LogP contribution >= 0.6 is 36.6 Å². The van der Waals surface area contributed by atoms with Gasteiger partial charge in [0, 0.05) is 43.2 Å². The summed E-state index contributed by atoms with van der Waals surface area (Å²) in [5, 5.41) is 6.69. The molecule has 1 unspecified atom stereocenters. The van der Waals surface area contributed by atoms with E-state index in [9.17, 15) is 4.79 Å². The Labute approximate surface area is 163 Å². The summed E-state index contributed by atoms with van der Waals surface area (Å²) in [5.74, 6) is 2.97. The van der Waals surface area contributed by atoms with E-state index in [1.807, 2.05) is 0 Å². The van der Waals surface area contributed by atoms with Crippen LogP contribution < -0.4 is 10.6 Å². The molecule has 3 fully saturated rings. The lowest BCUT2D eigenvalue weighted by atomic mass is 9.79. The van der Waals surface area contributed by atoms with Crippen LogP contribution in [0.3, 0.4) is 0 Å². The Kier molecular flexibility index (Phi) is 10.4. The molecule has 1 aliphatic carbocycles. The largest absolute Gasteiger partial charge is 0.354 e. The van der Waals surface area contributed by atoms with Gasteiger partial charge in [-0.2, -0.15) is 11.8 Å². The molecule has 3 aliphatic rings. The van der Waals surface area contributed by atoms with E-state index in [2.05, 4.69) is 27.3 Å². The quantitative estimate of drug-likeness (QED) is 0.765. The van der Waals surface area contributed by atoms with E-state index in [0.29, 0.717) is 0 Å². The van der Waals surface area contributed by atoms with E-state index >= 15 is 0 Å². The van der Waals surface area contributed by atoms with Gasteiger partial charge in [0.25, 0.3) is 0 Å². The van der Waals surface area contributed by atoms with Crippen molar-refractivity contribution in [2.45, 2.75) is 50.5 Å². The van der Waals surface area contributed by atoms with Gasteiger partial charge in [0.2, 0.25) is 5.91 Å². The van der Waals surface area contributed by atoms with E-state index in [1.54, 1.807) is 0 Å². The third-order valence-corrected chi connectivity index (χ3v) is 6.67. The lowest BCUT2D eigenvalue weighted by molar-refractivity contribution is -0.126. The number of carbonyl (C=O) groups is 1. The second kappa shape index (κ2) is 11.1. The summed E-state index contributed by atoms with van der Waals surface area (Å²) in [4.78, 5) is 15.2. The van der Waals surface area contributed by atoms with Crippen molar-refractivity contribution >= 4 is 42.5 Å². The molecule has 2 heterocycles. The van der Waals surface area contributed by atoms with Crippen LogP contribution in [0, 0.1) is 5.92 Å². The normalized spacial score (nSPS) is 27.4. The number of rotatable bonds is 4. The van der Waals surface area contributed by atoms with Crippen LogP contribution in [0.5, 0.6) is 0 Å². The molecule has 1 saturated carbocycles. The van der Waals surface area contributed by atoms with Crippen LogP contribution in [0.4, 0.5) is 0 Å². The number of hydrogen-bond donors (Lipinski definition) is 2. The summed E-state index contributed by atoms with van der Waals surface area (Å²) < 4.78 is 0. The van der Waals surface area contributed by atoms with Crippen molar-refractivity contribution in [3.05, 3.63) is 0 Å². The summed E-state index contributed by atoms with van der Waals surface area (Å²) in [6, 6.07) is 0. The monoisotopic (exact) mass is 397 g/mol. The number of amides is 1. The van der Waals surface area contributed by atoms with Gasteiger partial charge >= 0.3 is 0 Å². The highest BCUT2D eigenvalue weighted by Gasteiger charge is 2.39.